The fourth-order valence-electron chi connectivity index (χ4n) is 4.22. The lowest BCUT2D eigenvalue weighted by molar-refractivity contribution is -0.106. The minimum absolute atomic E-state index is 0.152. The number of aryl methyl sites for hydroxylation is 2. The Morgan fingerprint density at radius 2 is 2.17 bits per heavy atom. The Labute approximate surface area is 144 Å². The summed E-state index contributed by atoms with van der Waals surface area (Å²) in [4.78, 5) is 4.76. The van der Waals surface area contributed by atoms with Gasteiger partial charge >= 0.3 is 0 Å². The van der Waals surface area contributed by atoms with Crippen LogP contribution >= 0.6 is 0 Å². The molecule has 1 saturated carbocycles. The fourth-order valence-corrected chi connectivity index (χ4v) is 4.22. The van der Waals surface area contributed by atoms with E-state index in [1.54, 1.807) is 0 Å². The summed E-state index contributed by atoms with van der Waals surface area (Å²) in [6.45, 7) is 13.1. The number of aliphatic imine (C=N–C) groups is 1. The van der Waals surface area contributed by atoms with E-state index in [2.05, 4.69) is 36.6 Å². The second-order valence-electron chi connectivity index (χ2n) is 7.50. The Bertz CT molecular complexity index is 589. The maximum Gasteiger partial charge on any atom is 0.191 e. The lowest BCUT2D eigenvalue weighted by Gasteiger charge is -2.54. The number of aromatic nitrogens is 1. The summed E-state index contributed by atoms with van der Waals surface area (Å²) in [6, 6.07) is 0.418. The zero-order chi connectivity index (χ0) is 17.3. The lowest BCUT2D eigenvalue weighted by atomic mass is 9.57. The molecule has 1 aromatic heterocycles. The second kappa shape index (κ2) is 6.75. The smallest absolute Gasteiger partial charge is 0.191 e. The molecule has 0 spiro atoms. The first-order valence-corrected chi connectivity index (χ1v) is 9.03. The van der Waals surface area contributed by atoms with Crippen LogP contribution in [-0.4, -0.2) is 43.0 Å². The van der Waals surface area contributed by atoms with Crippen molar-refractivity contribution in [1.29, 1.82) is 0 Å². The van der Waals surface area contributed by atoms with Crippen molar-refractivity contribution in [2.75, 3.05) is 19.7 Å². The quantitative estimate of drug-likeness (QED) is 0.638. The van der Waals surface area contributed by atoms with Crippen LogP contribution in [0.4, 0.5) is 0 Å². The van der Waals surface area contributed by atoms with E-state index in [4.69, 9.17) is 14.3 Å². The molecular weight excluding hydrogens is 304 g/mol. The number of fused-ring (bicyclic) bond motifs is 1. The third-order valence-electron chi connectivity index (χ3n) is 5.55. The molecule has 3 rings (SSSR count). The van der Waals surface area contributed by atoms with Gasteiger partial charge in [-0.05, 0) is 33.6 Å². The van der Waals surface area contributed by atoms with Gasteiger partial charge in [0, 0.05) is 42.6 Å². The van der Waals surface area contributed by atoms with Crippen molar-refractivity contribution in [3.05, 3.63) is 17.0 Å². The Balaban J connectivity index is 1.62. The van der Waals surface area contributed by atoms with Gasteiger partial charge < -0.3 is 19.9 Å². The monoisotopic (exact) mass is 334 g/mol. The maximum atomic E-state index is 5.88. The van der Waals surface area contributed by atoms with Gasteiger partial charge in [0.2, 0.25) is 0 Å². The van der Waals surface area contributed by atoms with Gasteiger partial charge in [0.15, 0.2) is 5.96 Å². The Kier molecular flexibility index (Phi) is 4.85. The summed E-state index contributed by atoms with van der Waals surface area (Å²) in [5.41, 5.74) is 2.29. The fraction of sp³-hybridized carbons (Fsp3) is 0.778. The van der Waals surface area contributed by atoms with Crippen LogP contribution < -0.4 is 10.6 Å². The topological polar surface area (TPSA) is 71.7 Å². The van der Waals surface area contributed by atoms with E-state index in [1.807, 2.05) is 13.8 Å². The largest absolute Gasteiger partial charge is 0.377 e. The Morgan fingerprint density at radius 1 is 1.38 bits per heavy atom. The number of hydrogen-bond acceptors (Lipinski definition) is 4. The average molecular weight is 334 g/mol. The third kappa shape index (κ3) is 3.04. The predicted octanol–water partition coefficient (Wildman–Crippen LogP) is 2.20. The zero-order valence-corrected chi connectivity index (χ0v) is 15.5. The number of rotatable bonds is 5. The molecule has 0 amide bonds. The van der Waals surface area contributed by atoms with E-state index in [0.717, 1.165) is 50.0 Å². The highest BCUT2D eigenvalue weighted by atomic mass is 16.5. The molecular formula is C18H30N4O2. The first-order chi connectivity index (χ1) is 11.4. The van der Waals surface area contributed by atoms with Gasteiger partial charge in [-0.15, -0.1) is 0 Å². The van der Waals surface area contributed by atoms with Gasteiger partial charge in [0.05, 0.1) is 11.8 Å². The molecule has 3 atom stereocenters. The first kappa shape index (κ1) is 17.3. The van der Waals surface area contributed by atoms with Crippen LogP contribution in [0.1, 0.15) is 44.2 Å². The molecule has 1 aromatic rings. The number of guanidine groups is 1. The maximum absolute atomic E-state index is 5.88. The van der Waals surface area contributed by atoms with Crippen LogP contribution in [-0.2, 0) is 11.2 Å². The van der Waals surface area contributed by atoms with Gasteiger partial charge in [-0.1, -0.05) is 19.0 Å². The van der Waals surface area contributed by atoms with Crippen LogP contribution in [0.15, 0.2) is 9.52 Å². The molecule has 6 nitrogen and oxygen atoms in total. The van der Waals surface area contributed by atoms with Gasteiger partial charge in [-0.25, -0.2) is 0 Å². The molecule has 2 aliphatic rings. The molecule has 2 N–H and O–H groups in total. The summed E-state index contributed by atoms with van der Waals surface area (Å²) in [5, 5.41) is 11.0. The van der Waals surface area contributed by atoms with E-state index in [1.165, 1.54) is 5.56 Å². The van der Waals surface area contributed by atoms with Crippen molar-refractivity contribution in [1.82, 2.24) is 15.8 Å². The lowest BCUT2D eigenvalue weighted by Crippen LogP contribution is -2.68. The van der Waals surface area contributed by atoms with Crippen LogP contribution in [0.5, 0.6) is 0 Å². The molecule has 1 aliphatic heterocycles. The Hall–Kier alpha value is -1.56. The SMILES string of the molecule is CCNC(=NCCc1c(C)noc1C)NC1C2CCOC2C1(C)C. The summed E-state index contributed by atoms with van der Waals surface area (Å²) in [6.07, 6.45) is 2.38. The number of nitrogens with one attached hydrogen (secondary N) is 2. The predicted molar refractivity (Wildman–Crippen MR) is 94.2 cm³/mol. The summed E-state index contributed by atoms with van der Waals surface area (Å²) in [5.74, 6) is 2.39. The van der Waals surface area contributed by atoms with E-state index in [0.29, 0.717) is 18.1 Å². The van der Waals surface area contributed by atoms with Crippen molar-refractivity contribution < 1.29 is 9.26 Å². The van der Waals surface area contributed by atoms with E-state index < -0.39 is 0 Å². The van der Waals surface area contributed by atoms with Crippen LogP contribution in [0.3, 0.4) is 0 Å². The highest BCUT2D eigenvalue weighted by Crippen LogP contribution is 2.52. The van der Waals surface area contributed by atoms with Gasteiger partial charge in [-0.3, -0.25) is 4.99 Å². The summed E-state index contributed by atoms with van der Waals surface area (Å²) in [7, 11) is 0. The normalized spacial score (nSPS) is 28.4. The molecule has 1 saturated heterocycles. The minimum Gasteiger partial charge on any atom is -0.377 e. The van der Waals surface area contributed by atoms with Crippen molar-refractivity contribution >= 4 is 5.96 Å². The van der Waals surface area contributed by atoms with Crippen LogP contribution in [0.25, 0.3) is 0 Å². The molecule has 0 aromatic carbocycles. The molecule has 0 bridgehead atoms. The van der Waals surface area contributed by atoms with Gasteiger partial charge in [0.1, 0.15) is 5.76 Å². The van der Waals surface area contributed by atoms with E-state index in [-0.39, 0.29) is 5.41 Å². The molecule has 1 aliphatic carbocycles. The van der Waals surface area contributed by atoms with Crippen LogP contribution in [0, 0.1) is 25.2 Å². The molecule has 2 heterocycles. The highest BCUT2D eigenvalue weighted by molar-refractivity contribution is 5.80. The van der Waals surface area contributed by atoms with Crippen molar-refractivity contribution in [3.8, 4) is 0 Å². The standard InChI is InChI=1S/C18H30N4O2/c1-6-19-17(20-9-7-13-11(2)22-24-12(13)3)21-15-14-8-10-23-16(14)18(15,4)5/h14-16H,6-10H2,1-5H3,(H2,19,20,21). The summed E-state index contributed by atoms with van der Waals surface area (Å²) >= 11 is 0. The third-order valence-corrected chi connectivity index (χ3v) is 5.55. The van der Waals surface area contributed by atoms with Crippen LogP contribution in [0.2, 0.25) is 0 Å². The minimum atomic E-state index is 0.152. The van der Waals surface area contributed by atoms with Crippen molar-refractivity contribution in [2.45, 2.75) is 59.6 Å². The second-order valence-corrected chi connectivity index (χ2v) is 7.50. The number of nitrogens with zero attached hydrogens (tertiary/aromatic N) is 2. The van der Waals surface area contributed by atoms with E-state index in [9.17, 15) is 0 Å². The molecule has 6 heteroatoms. The first-order valence-electron chi connectivity index (χ1n) is 9.03. The van der Waals surface area contributed by atoms with Gasteiger partial charge in [0.25, 0.3) is 0 Å². The zero-order valence-electron chi connectivity index (χ0n) is 15.5. The average Bonchev–Trinajstić information content (AvgIpc) is 3.12. The van der Waals surface area contributed by atoms with E-state index >= 15 is 0 Å². The van der Waals surface area contributed by atoms with Crippen molar-refractivity contribution in [2.24, 2.45) is 16.3 Å². The molecule has 134 valence electrons. The summed E-state index contributed by atoms with van der Waals surface area (Å²) < 4.78 is 11.1. The molecule has 24 heavy (non-hydrogen) atoms. The number of hydrogen-bond donors (Lipinski definition) is 2. The Morgan fingerprint density at radius 3 is 2.83 bits per heavy atom. The molecule has 3 unspecified atom stereocenters. The van der Waals surface area contributed by atoms with Crippen molar-refractivity contribution in [3.63, 3.8) is 0 Å². The highest BCUT2D eigenvalue weighted by Gasteiger charge is 2.59. The number of ether oxygens (including phenoxy) is 1. The molecule has 2 fully saturated rings. The molecule has 0 radical (unpaired) electrons. The van der Waals surface area contributed by atoms with Gasteiger partial charge in [-0.2, -0.15) is 0 Å².